The molecule has 140 valence electrons. The molecule has 6 heteroatoms. The van der Waals surface area contributed by atoms with E-state index < -0.39 is 5.41 Å². The Morgan fingerprint density at radius 2 is 1.77 bits per heavy atom. The number of benzene rings is 2. The summed E-state index contributed by atoms with van der Waals surface area (Å²) in [7, 11) is 0. The predicted molar refractivity (Wildman–Crippen MR) is 108 cm³/mol. The monoisotopic (exact) mass is 394 g/mol. The van der Waals surface area contributed by atoms with Gasteiger partial charge in [0.25, 0.3) is 0 Å². The smallest absolute Gasteiger partial charge is 0.227 e. The van der Waals surface area contributed by atoms with E-state index in [4.69, 9.17) is 22.1 Å². The largest absolute Gasteiger partial charge is 0.381 e. The standard InChI is InChI=1S/C20H23ClN2O2.ClH/c21-17-7-5-15(6-8-17)18-4-2-1-3-16(18)13-23-19(24)20(14-22)9-11-25-12-10-20;/h1-8H,9-14,22H2,(H,23,24);1H. The zero-order chi connectivity index (χ0) is 17.7. The van der Waals surface area contributed by atoms with E-state index in [1.165, 1.54) is 0 Å². The molecule has 1 heterocycles. The average molecular weight is 395 g/mol. The first-order valence-electron chi connectivity index (χ1n) is 8.55. The van der Waals surface area contributed by atoms with Gasteiger partial charge in [-0.3, -0.25) is 4.79 Å². The van der Waals surface area contributed by atoms with Gasteiger partial charge in [0.05, 0.1) is 5.41 Å². The molecule has 1 fully saturated rings. The Morgan fingerprint density at radius 1 is 1.12 bits per heavy atom. The van der Waals surface area contributed by atoms with Crippen LogP contribution >= 0.6 is 24.0 Å². The van der Waals surface area contributed by atoms with Gasteiger partial charge in [-0.05, 0) is 41.7 Å². The molecule has 1 aliphatic rings. The van der Waals surface area contributed by atoms with Crippen LogP contribution in [0, 0.1) is 5.41 Å². The van der Waals surface area contributed by atoms with E-state index in [0.29, 0.717) is 44.2 Å². The van der Waals surface area contributed by atoms with Crippen LogP contribution < -0.4 is 11.1 Å². The fourth-order valence-electron chi connectivity index (χ4n) is 3.23. The Hall–Kier alpha value is -1.59. The summed E-state index contributed by atoms with van der Waals surface area (Å²) in [5, 5.41) is 3.79. The molecule has 26 heavy (non-hydrogen) atoms. The second-order valence-corrected chi connectivity index (χ2v) is 6.88. The molecular weight excluding hydrogens is 371 g/mol. The number of carbonyl (C=O) groups excluding carboxylic acids is 1. The van der Waals surface area contributed by atoms with Gasteiger partial charge in [-0.2, -0.15) is 0 Å². The summed E-state index contributed by atoms with van der Waals surface area (Å²) in [5.74, 6) is 0.0178. The molecule has 0 aromatic heterocycles. The Morgan fingerprint density at radius 3 is 2.42 bits per heavy atom. The number of carbonyl (C=O) groups is 1. The maximum atomic E-state index is 12.8. The van der Waals surface area contributed by atoms with Crippen molar-refractivity contribution in [3.05, 3.63) is 59.1 Å². The zero-order valence-electron chi connectivity index (χ0n) is 14.5. The molecule has 0 aliphatic carbocycles. The van der Waals surface area contributed by atoms with E-state index in [0.717, 1.165) is 16.7 Å². The van der Waals surface area contributed by atoms with Gasteiger partial charge in [-0.25, -0.2) is 0 Å². The molecule has 1 saturated heterocycles. The summed E-state index contributed by atoms with van der Waals surface area (Å²) in [6.07, 6.45) is 1.35. The molecule has 4 nitrogen and oxygen atoms in total. The van der Waals surface area contributed by atoms with Gasteiger partial charge in [0.15, 0.2) is 0 Å². The van der Waals surface area contributed by atoms with Crippen molar-refractivity contribution in [2.75, 3.05) is 19.8 Å². The van der Waals surface area contributed by atoms with Crippen LogP contribution in [0.2, 0.25) is 5.02 Å². The lowest BCUT2D eigenvalue weighted by Gasteiger charge is -2.34. The normalized spacial score (nSPS) is 15.8. The van der Waals surface area contributed by atoms with Crippen LogP contribution in [0.3, 0.4) is 0 Å². The molecular formula is C20H24Cl2N2O2. The van der Waals surface area contributed by atoms with E-state index in [2.05, 4.69) is 11.4 Å². The van der Waals surface area contributed by atoms with Gasteiger partial charge >= 0.3 is 0 Å². The van der Waals surface area contributed by atoms with Crippen molar-refractivity contribution in [1.82, 2.24) is 5.32 Å². The van der Waals surface area contributed by atoms with Crippen LogP contribution in [0.15, 0.2) is 48.5 Å². The van der Waals surface area contributed by atoms with Crippen LogP contribution in [0.4, 0.5) is 0 Å². The number of amides is 1. The quantitative estimate of drug-likeness (QED) is 0.810. The summed E-state index contributed by atoms with van der Waals surface area (Å²) < 4.78 is 5.38. The molecule has 2 aromatic rings. The zero-order valence-corrected chi connectivity index (χ0v) is 16.1. The predicted octanol–water partition coefficient (Wildman–Crippen LogP) is 3.80. The molecule has 0 bridgehead atoms. The van der Waals surface area contributed by atoms with E-state index in [9.17, 15) is 4.79 Å². The van der Waals surface area contributed by atoms with Crippen LogP contribution in [-0.4, -0.2) is 25.7 Å². The maximum absolute atomic E-state index is 12.8. The number of nitrogens with one attached hydrogen (secondary N) is 1. The van der Waals surface area contributed by atoms with Crippen LogP contribution in [0.1, 0.15) is 18.4 Å². The Balaban J connectivity index is 0.00000243. The highest BCUT2D eigenvalue weighted by atomic mass is 35.5. The first-order chi connectivity index (χ1) is 12.1. The highest BCUT2D eigenvalue weighted by Gasteiger charge is 2.38. The number of nitrogens with two attached hydrogens (primary N) is 1. The van der Waals surface area contributed by atoms with Crippen molar-refractivity contribution in [3.63, 3.8) is 0 Å². The van der Waals surface area contributed by atoms with Gasteiger partial charge < -0.3 is 15.8 Å². The Labute approximate surface area is 165 Å². The van der Waals surface area contributed by atoms with E-state index in [1.54, 1.807) is 0 Å². The minimum atomic E-state index is -0.506. The van der Waals surface area contributed by atoms with Crippen LogP contribution in [-0.2, 0) is 16.1 Å². The van der Waals surface area contributed by atoms with Gasteiger partial charge in [-0.1, -0.05) is 48.0 Å². The van der Waals surface area contributed by atoms with Crippen molar-refractivity contribution < 1.29 is 9.53 Å². The Bertz CT molecular complexity index is 729. The summed E-state index contributed by atoms with van der Waals surface area (Å²) in [6.45, 7) is 2.00. The molecule has 0 atom stereocenters. The van der Waals surface area contributed by atoms with Crippen molar-refractivity contribution in [2.45, 2.75) is 19.4 Å². The first kappa shape index (κ1) is 20.7. The third-order valence-corrected chi connectivity index (χ3v) is 5.19. The van der Waals surface area contributed by atoms with Gasteiger partial charge in [0.2, 0.25) is 5.91 Å². The molecule has 0 radical (unpaired) electrons. The summed E-state index contributed by atoms with van der Waals surface area (Å²) >= 11 is 5.98. The van der Waals surface area contributed by atoms with Crippen molar-refractivity contribution in [3.8, 4) is 11.1 Å². The molecule has 0 unspecified atom stereocenters. The highest BCUT2D eigenvalue weighted by molar-refractivity contribution is 6.30. The summed E-state index contributed by atoms with van der Waals surface area (Å²) in [6, 6.07) is 15.8. The van der Waals surface area contributed by atoms with E-state index >= 15 is 0 Å². The molecule has 0 spiro atoms. The second kappa shape index (κ2) is 9.38. The number of hydrogen-bond acceptors (Lipinski definition) is 3. The lowest BCUT2D eigenvalue weighted by molar-refractivity contribution is -0.136. The van der Waals surface area contributed by atoms with E-state index in [-0.39, 0.29) is 18.3 Å². The van der Waals surface area contributed by atoms with Gasteiger partial charge in [0.1, 0.15) is 0 Å². The molecule has 0 saturated carbocycles. The first-order valence-corrected chi connectivity index (χ1v) is 8.92. The third kappa shape index (κ3) is 4.57. The average Bonchev–Trinajstić information content (AvgIpc) is 2.67. The number of hydrogen-bond donors (Lipinski definition) is 2. The van der Waals surface area contributed by atoms with Crippen LogP contribution in [0.5, 0.6) is 0 Å². The van der Waals surface area contributed by atoms with E-state index in [1.807, 2.05) is 42.5 Å². The third-order valence-electron chi connectivity index (χ3n) is 4.93. The second-order valence-electron chi connectivity index (χ2n) is 6.44. The molecule has 1 amide bonds. The minimum Gasteiger partial charge on any atom is -0.381 e. The molecule has 3 rings (SSSR count). The number of rotatable bonds is 5. The van der Waals surface area contributed by atoms with Crippen LogP contribution in [0.25, 0.3) is 11.1 Å². The fraction of sp³-hybridized carbons (Fsp3) is 0.350. The van der Waals surface area contributed by atoms with Crippen molar-refractivity contribution in [2.24, 2.45) is 11.1 Å². The minimum absolute atomic E-state index is 0. The number of ether oxygens (including phenoxy) is 1. The lowest BCUT2D eigenvalue weighted by atomic mass is 9.79. The van der Waals surface area contributed by atoms with Gasteiger partial charge in [-0.15, -0.1) is 12.4 Å². The fourth-order valence-corrected chi connectivity index (χ4v) is 3.36. The van der Waals surface area contributed by atoms with Crippen molar-refractivity contribution in [1.29, 1.82) is 0 Å². The lowest BCUT2D eigenvalue weighted by Crippen LogP contribution is -2.49. The SMILES string of the molecule is Cl.NCC1(C(=O)NCc2ccccc2-c2ccc(Cl)cc2)CCOCC1. The molecule has 3 N–H and O–H groups in total. The molecule has 1 aliphatic heterocycles. The maximum Gasteiger partial charge on any atom is 0.227 e. The molecule has 2 aromatic carbocycles. The Kier molecular flexibility index (Phi) is 7.47. The topological polar surface area (TPSA) is 64.4 Å². The number of halogens is 2. The summed E-state index contributed by atoms with van der Waals surface area (Å²) in [5.41, 5.74) is 8.64. The highest BCUT2D eigenvalue weighted by Crippen LogP contribution is 2.30. The van der Waals surface area contributed by atoms with Gasteiger partial charge in [0, 0.05) is 31.3 Å². The van der Waals surface area contributed by atoms with Crippen molar-refractivity contribution >= 4 is 29.9 Å². The summed E-state index contributed by atoms with van der Waals surface area (Å²) in [4.78, 5) is 12.8.